The maximum Gasteiger partial charge on any atom is 0.243 e. The number of fused-ring (bicyclic) bond motifs is 1. The molecule has 1 unspecified atom stereocenters. The van der Waals surface area contributed by atoms with Crippen molar-refractivity contribution in [3.05, 3.63) is 21.9 Å². The van der Waals surface area contributed by atoms with Gasteiger partial charge in [0.2, 0.25) is 5.91 Å². The average Bonchev–Trinajstić information content (AvgIpc) is 3.04. The zero-order valence-corrected chi connectivity index (χ0v) is 15.9. The fraction of sp³-hybridized carbons (Fsp3) is 0.647. The van der Waals surface area contributed by atoms with E-state index in [1.165, 1.54) is 10.4 Å². The van der Waals surface area contributed by atoms with Gasteiger partial charge in [-0.1, -0.05) is 0 Å². The van der Waals surface area contributed by atoms with Crippen LogP contribution in [0.5, 0.6) is 0 Å². The second-order valence-corrected chi connectivity index (χ2v) is 7.30. The largest absolute Gasteiger partial charge is 0.357 e. The van der Waals surface area contributed by atoms with Crippen LogP contribution in [0.2, 0.25) is 0 Å². The van der Waals surface area contributed by atoms with Crippen molar-refractivity contribution < 1.29 is 4.79 Å². The molecule has 0 fully saturated rings. The van der Waals surface area contributed by atoms with E-state index in [1.54, 1.807) is 19.0 Å². The molecule has 7 heteroatoms. The normalized spacial score (nSPS) is 16.4. The molecule has 1 aliphatic rings. The topological polar surface area (TPSA) is 60.0 Å². The van der Waals surface area contributed by atoms with Gasteiger partial charge in [-0.2, -0.15) is 0 Å². The van der Waals surface area contributed by atoms with Gasteiger partial charge < -0.3 is 15.5 Å². The molecule has 0 bridgehead atoms. The first-order valence-corrected chi connectivity index (χ1v) is 9.40. The highest BCUT2D eigenvalue weighted by Gasteiger charge is 2.21. The van der Waals surface area contributed by atoms with Crippen LogP contribution in [0.15, 0.2) is 16.4 Å². The Morgan fingerprint density at radius 2 is 2.25 bits per heavy atom. The van der Waals surface area contributed by atoms with Crippen molar-refractivity contribution in [2.75, 3.05) is 40.3 Å². The maximum atomic E-state index is 11.7. The molecule has 1 atom stereocenters. The molecule has 0 saturated heterocycles. The van der Waals surface area contributed by atoms with Crippen molar-refractivity contribution in [3.63, 3.8) is 0 Å². The molecule has 24 heavy (non-hydrogen) atoms. The van der Waals surface area contributed by atoms with Gasteiger partial charge >= 0.3 is 0 Å². The van der Waals surface area contributed by atoms with Gasteiger partial charge in [0.25, 0.3) is 0 Å². The number of guanidine groups is 1. The van der Waals surface area contributed by atoms with E-state index >= 15 is 0 Å². The van der Waals surface area contributed by atoms with Gasteiger partial charge in [0.15, 0.2) is 5.96 Å². The van der Waals surface area contributed by atoms with Crippen molar-refractivity contribution in [3.8, 4) is 0 Å². The summed E-state index contributed by atoms with van der Waals surface area (Å²) in [5.74, 6) is 0.703. The highest BCUT2D eigenvalue weighted by molar-refractivity contribution is 7.10. The Hall–Kier alpha value is -1.60. The van der Waals surface area contributed by atoms with Crippen LogP contribution in [0.25, 0.3) is 0 Å². The van der Waals surface area contributed by atoms with E-state index in [9.17, 15) is 4.79 Å². The van der Waals surface area contributed by atoms with Crippen molar-refractivity contribution in [2.24, 2.45) is 4.99 Å². The summed E-state index contributed by atoms with van der Waals surface area (Å²) >= 11 is 1.87. The predicted octanol–water partition coefficient (Wildman–Crippen LogP) is 1.14. The number of rotatable bonds is 6. The lowest BCUT2D eigenvalue weighted by atomic mass is 10.1. The summed E-state index contributed by atoms with van der Waals surface area (Å²) in [7, 11) is 3.49. The standard InChI is InChI=1S/C17H29N5OS/c1-5-18-17(20-11-16(23)21(3)4)19-10-13(2)22-8-6-15-14(12-22)7-9-24-15/h7,9,13H,5-6,8,10-12H2,1-4H3,(H2,18,19,20). The molecule has 0 radical (unpaired) electrons. The fourth-order valence-corrected chi connectivity index (χ4v) is 3.54. The molecule has 2 heterocycles. The summed E-state index contributed by atoms with van der Waals surface area (Å²) in [6, 6.07) is 2.65. The summed E-state index contributed by atoms with van der Waals surface area (Å²) in [5.41, 5.74) is 1.47. The monoisotopic (exact) mass is 351 g/mol. The quantitative estimate of drug-likeness (QED) is 0.596. The Balaban J connectivity index is 1.85. The molecule has 0 aliphatic carbocycles. The van der Waals surface area contributed by atoms with Crippen LogP contribution in [0.4, 0.5) is 0 Å². The number of hydrogen-bond acceptors (Lipinski definition) is 4. The average molecular weight is 352 g/mol. The second-order valence-electron chi connectivity index (χ2n) is 6.30. The van der Waals surface area contributed by atoms with E-state index in [-0.39, 0.29) is 12.5 Å². The van der Waals surface area contributed by atoms with E-state index in [1.807, 2.05) is 18.3 Å². The third-order valence-electron chi connectivity index (χ3n) is 4.24. The number of aliphatic imine (C=N–C) groups is 1. The lowest BCUT2D eigenvalue weighted by Gasteiger charge is -2.32. The van der Waals surface area contributed by atoms with Crippen molar-refractivity contribution >= 4 is 23.2 Å². The summed E-state index contributed by atoms with van der Waals surface area (Å²) in [6.45, 7) is 8.13. The minimum absolute atomic E-state index is 0.00118. The molecule has 0 saturated carbocycles. The van der Waals surface area contributed by atoms with Crippen molar-refractivity contribution in [2.45, 2.75) is 32.9 Å². The van der Waals surface area contributed by atoms with E-state index in [4.69, 9.17) is 0 Å². The molecule has 1 amide bonds. The van der Waals surface area contributed by atoms with Gasteiger partial charge in [0.1, 0.15) is 6.54 Å². The summed E-state index contributed by atoms with van der Waals surface area (Å²) in [4.78, 5) is 21.6. The van der Waals surface area contributed by atoms with Crippen LogP contribution in [0.3, 0.4) is 0 Å². The van der Waals surface area contributed by atoms with Gasteiger partial charge in [-0.15, -0.1) is 11.3 Å². The Morgan fingerprint density at radius 1 is 1.46 bits per heavy atom. The number of thiophene rings is 1. The highest BCUT2D eigenvalue weighted by Crippen LogP contribution is 2.24. The highest BCUT2D eigenvalue weighted by atomic mass is 32.1. The first-order valence-electron chi connectivity index (χ1n) is 8.52. The zero-order valence-electron chi connectivity index (χ0n) is 15.1. The lowest BCUT2D eigenvalue weighted by Crippen LogP contribution is -2.47. The maximum absolute atomic E-state index is 11.7. The number of carbonyl (C=O) groups excluding carboxylic acids is 1. The predicted molar refractivity (Wildman–Crippen MR) is 101 cm³/mol. The number of nitrogens with one attached hydrogen (secondary N) is 2. The summed E-state index contributed by atoms with van der Waals surface area (Å²) < 4.78 is 0. The molecule has 1 aliphatic heterocycles. The Labute approximate surface area is 148 Å². The second kappa shape index (κ2) is 9.03. The SMILES string of the molecule is CCNC(=NCC(=O)N(C)C)NCC(C)N1CCc2sccc2C1. The van der Waals surface area contributed by atoms with E-state index in [0.29, 0.717) is 12.0 Å². The van der Waals surface area contributed by atoms with Crippen LogP contribution in [0, 0.1) is 0 Å². The molecule has 134 valence electrons. The van der Waals surface area contributed by atoms with Gasteiger partial charge in [-0.25, -0.2) is 4.99 Å². The van der Waals surface area contributed by atoms with E-state index in [0.717, 1.165) is 32.6 Å². The van der Waals surface area contributed by atoms with Gasteiger partial charge in [-0.05, 0) is 37.3 Å². The first kappa shape index (κ1) is 18.7. The summed E-state index contributed by atoms with van der Waals surface area (Å²) in [6.07, 6.45) is 1.14. The molecule has 2 N–H and O–H groups in total. The number of hydrogen-bond donors (Lipinski definition) is 2. The molecule has 1 aromatic rings. The van der Waals surface area contributed by atoms with Crippen LogP contribution >= 0.6 is 11.3 Å². The third-order valence-corrected chi connectivity index (χ3v) is 5.26. The van der Waals surface area contributed by atoms with Crippen molar-refractivity contribution in [1.29, 1.82) is 0 Å². The van der Waals surface area contributed by atoms with Crippen LogP contribution < -0.4 is 10.6 Å². The lowest BCUT2D eigenvalue weighted by molar-refractivity contribution is -0.127. The number of amides is 1. The molecule has 0 spiro atoms. The fourth-order valence-electron chi connectivity index (χ4n) is 2.65. The number of likely N-dealkylation sites (N-methyl/N-ethyl adjacent to an activating group) is 1. The van der Waals surface area contributed by atoms with Crippen LogP contribution in [-0.4, -0.2) is 68.0 Å². The van der Waals surface area contributed by atoms with Gasteiger partial charge in [0.05, 0.1) is 0 Å². The number of nitrogens with zero attached hydrogens (tertiary/aromatic N) is 3. The Morgan fingerprint density at radius 3 is 2.96 bits per heavy atom. The Kier molecular flexibility index (Phi) is 7.05. The molecule has 1 aromatic heterocycles. The Bertz CT molecular complexity index is 569. The third kappa shape index (κ3) is 5.21. The van der Waals surface area contributed by atoms with E-state index < -0.39 is 0 Å². The molecule has 2 rings (SSSR count). The first-order chi connectivity index (χ1) is 11.5. The van der Waals surface area contributed by atoms with E-state index in [2.05, 4.69) is 38.9 Å². The van der Waals surface area contributed by atoms with Gasteiger partial charge in [-0.3, -0.25) is 9.69 Å². The van der Waals surface area contributed by atoms with Crippen LogP contribution in [0.1, 0.15) is 24.3 Å². The molecular formula is C17H29N5OS. The minimum atomic E-state index is 0.00118. The van der Waals surface area contributed by atoms with Gasteiger partial charge in [0, 0.05) is 51.2 Å². The molecular weight excluding hydrogens is 322 g/mol. The summed E-state index contributed by atoms with van der Waals surface area (Å²) in [5, 5.41) is 8.75. The zero-order chi connectivity index (χ0) is 17.5. The minimum Gasteiger partial charge on any atom is -0.357 e. The molecule has 0 aromatic carbocycles. The van der Waals surface area contributed by atoms with Crippen LogP contribution in [-0.2, 0) is 17.8 Å². The smallest absolute Gasteiger partial charge is 0.243 e. The number of carbonyl (C=O) groups is 1. The van der Waals surface area contributed by atoms with Crippen molar-refractivity contribution in [1.82, 2.24) is 20.4 Å². The molecule has 6 nitrogen and oxygen atoms in total.